The first-order chi connectivity index (χ1) is 8.00. The molecule has 0 aliphatic carbocycles. The predicted octanol–water partition coefficient (Wildman–Crippen LogP) is -11.7. The fourth-order valence-corrected chi connectivity index (χ4v) is 0. The molecule has 128 valence electrons. The van der Waals surface area contributed by atoms with Gasteiger partial charge in [0.2, 0.25) is 0 Å². The van der Waals surface area contributed by atoms with E-state index in [0.29, 0.717) is 0 Å². The average Bonchev–Trinajstić information content (AvgIpc) is 1.62. The molecule has 0 unspecified atom stereocenters. The van der Waals surface area contributed by atoms with Gasteiger partial charge >= 0.3 is 37.7 Å². The summed E-state index contributed by atoms with van der Waals surface area (Å²) in [5.41, 5.74) is 0. The molecule has 21 heteroatoms. The van der Waals surface area contributed by atoms with Crippen molar-refractivity contribution in [2.45, 2.75) is 0 Å². The van der Waals surface area contributed by atoms with Gasteiger partial charge in [0.1, 0.15) is 0 Å². The molecule has 0 N–H and O–H groups in total. The normalized spacial score (nSPS) is 11.2. The zero-order chi connectivity index (χ0) is 18.0. The van der Waals surface area contributed by atoms with Gasteiger partial charge in [-0.2, -0.15) is 31.3 Å². The minimum Gasteiger partial charge on any atom is -0.822 e. The Balaban J connectivity index is -0.0000000533. The molecule has 0 aromatic heterocycles. The van der Waals surface area contributed by atoms with Crippen molar-refractivity contribution in [1.82, 2.24) is 0 Å². The second kappa shape index (κ2) is 14.1. The Morgan fingerprint density at radius 1 is 0.333 bits per heavy atom. The van der Waals surface area contributed by atoms with Crippen molar-refractivity contribution in [3.63, 3.8) is 0 Å². The summed E-state index contributed by atoms with van der Waals surface area (Å²) in [6, 6.07) is 0. The van der Waals surface area contributed by atoms with Gasteiger partial charge in [-0.3, -0.25) is 0 Å². The Bertz CT molecular complexity index is 285. The third-order valence-electron chi connectivity index (χ3n) is 0. The molecule has 0 spiro atoms. The summed E-state index contributed by atoms with van der Waals surface area (Å²) >= 11 is 0. The molecule has 0 aliphatic heterocycles. The largest absolute Gasteiger partial charge is 2.00 e. The Labute approximate surface area is 145 Å². The summed E-state index contributed by atoms with van der Waals surface area (Å²) < 4.78 is 34.2. The molecule has 0 saturated heterocycles. The standard InChI is InChI=1S/Ca.4H3O4P/c;4*1-5(2,3)4/h;4*(H3,1,2,3,4)/q+2;;;;/p-12. The Hall–Kier alpha value is 1.70. The van der Waals surface area contributed by atoms with Crippen LogP contribution in [0.5, 0.6) is 0 Å². The quantitative estimate of drug-likeness (QED) is 0.259. The minimum absolute atomic E-state index is 0. The zero-order valence-corrected chi connectivity index (χ0v) is 14.8. The van der Waals surface area contributed by atoms with Crippen LogP contribution in [0.15, 0.2) is 0 Å². The first kappa shape index (κ1) is 34.1. The third-order valence-corrected chi connectivity index (χ3v) is 0. The van der Waals surface area contributed by atoms with Crippen molar-refractivity contribution in [3.8, 4) is 0 Å². The van der Waals surface area contributed by atoms with Crippen LogP contribution in [0.3, 0.4) is 0 Å². The van der Waals surface area contributed by atoms with Crippen molar-refractivity contribution < 1.29 is 77.0 Å². The fourth-order valence-electron chi connectivity index (χ4n) is 0. The fraction of sp³-hybridized carbons (Fsp3) is 0. The van der Waals surface area contributed by atoms with E-state index in [1.54, 1.807) is 0 Å². The molecule has 0 aromatic rings. The van der Waals surface area contributed by atoms with E-state index in [9.17, 15) is 0 Å². The van der Waals surface area contributed by atoms with Gasteiger partial charge in [0, 0.05) is 0 Å². The smallest absolute Gasteiger partial charge is 0.822 e. The topological polar surface area (TPSA) is 345 Å². The molecular weight excluding hydrogens is 420 g/mol. The second-order valence-electron chi connectivity index (χ2n) is 1.79. The zero-order valence-electron chi connectivity index (χ0n) is 9.03. The Morgan fingerprint density at radius 2 is 0.333 bits per heavy atom. The van der Waals surface area contributed by atoms with Gasteiger partial charge in [-0.25, -0.2) is 0 Å². The molecule has 0 aliphatic rings. The van der Waals surface area contributed by atoms with Crippen LogP contribution in [0, 0.1) is 0 Å². The van der Waals surface area contributed by atoms with E-state index in [1.807, 2.05) is 0 Å². The third kappa shape index (κ3) is 2910. The number of hydrogen-bond acceptors (Lipinski definition) is 16. The molecule has 21 heavy (non-hydrogen) atoms. The van der Waals surface area contributed by atoms with E-state index in [-0.39, 0.29) is 37.7 Å². The van der Waals surface area contributed by atoms with E-state index >= 15 is 0 Å². The molecule has 0 amide bonds. The molecule has 0 bridgehead atoms. The van der Waals surface area contributed by atoms with Gasteiger partial charge in [0.05, 0.1) is 0 Å². The van der Waals surface area contributed by atoms with Crippen LogP contribution < -0.4 is 58.7 Å². The Morgan fingerprint density at radius 3 is 0.333 bits per heavy atom. The molecule has 0 atom stereocenters. The van der Waals surface area contributed by atoms with E-state index in [2.05, 4.69) is 0 Å². The average molecular weight is 420 g/mol. The van der Waals surface area contributed by atoms with Gasteiger partial charge in [-0.05, 0) is 0 Å². The Kier molecular flexibility index (Phi) is 22.9. The molecular formula is CaO16P4-10. The van der Waals surface area contributed by atoms with Crippen LogP contribution >= 0.6 is 31.3 Å². The molecule has 0 radical (unpaired) electrons. The van der Waals surface area contributed by atoms with Crippen LogP contribution in [-0.4, -0.2) is 37.7 Å². The van der Waals surface area contributed by atoms with E-state index in [0.717, 1.165) is 0 Å². The summed E-state index contributed by atoms with van der Waals surface area (Å²) in [6.45, 7) is 0. The first-order valence-electron chi connectivity index (χ1n) is 2.92. The van der Waals surface area contributed by atoms with E-state index in [4.69, 9.17) is 77.0 Å². The summed E-state index contributed by atoms with van der Waals surface area (Å²) in [4.78, 5) is 103. The van der Waals surface area contributed by atoms with Gasteiger partial charge in [0.25, 0.3) is 0 Å². The predicted molar refractivity (Wildman–Crippen MR) is 36.2 cm³/mol. The van der Waals surface area contributed by atoms with Crippen LogP contribution in [0.1, 0.15) is 0 Å². The maximum Gasteiger partial charge on any atom is 2.00 e. The molecule has 0 heterocycles. The minimum atomic E-state index is -5.39. The molecule has 16 nitrogen and oxygen atoms in total. The van der Waals surface area contributed by atoms with Crippen molar-refractivity contribution in [3.05, 3.63) is 0 Å². The van der Waals surface area contributed by atoms with Crippen molar-refractivity contribution in [2.24, 2.45) is 0 Å². The summed E-state index contributed by atoms with van der Waals surface area (Å²) in [7, 11) is -21.6. The van der Waals surface area contributed by atoms with Gasteiger partial charge in [-0.15, -0.1) is 0 Å². The number of hydrogen-bond donors (Lipinski definition) is 0. The van der Waals surface area contributed by atoms with Crippen molar-refractivity contribution >= 4 is 69.0 Å². The maximum absolute atomic E-state index is 8.55. The molecule has 0 aromatic carbocycles. The van der Waals surface area contributed by atoms with Gasteiger partial charge in [-0.1, -0.05) is 0 Å². The van der Waals surface area contributed by atoms with E-state index < -0.39 is 31.3 Å². The van der Waals surface area contributed by atoms with Gasteiger partial charge in [0.15, 0.2) is 0 Å². The molecule has 0 fully saturated rings. The molecule has 0 rings (SSSR count). The van der Waals surface area contributed by atoms with Crippen LogP contribution in [0.4, 0.5) is 0 Å². The number of rotatable bonds is 0. The van der Waals surface area contributed by atoms with E-state index in [1.165, 1.54) is 0 Å². The van der Waals surface area contributed by atoms with Crippen molar-refractivity contribution in [1.29, 1.82) is 0 Å². The van der Waals surface area contributed by atoms with Crippen molar-refractivity contribution in [2.75, 3.05) is 0 Å². The van der Waals surface area contributed by atoms with Crippen LogP contribution in [-0.2, 0) is 18.3 Å². The summed E-state index contributed by atoms with van der Waals surface area (Å²) in [6.07, 6.45) is 0. The summed E-state index contributed by atoms with van der Waals surface area (Å²) in [5.74, 6) is 0. The summed E-state index contributed by atoms with van der Waals surface area (Å²) in [5, 5.41) is 0. The molecule has 0 saturated carbocycles. The van der Waals surface area contributed by atoms with Gasteiger partial charge < -0.3 is 77.0 Å². The monoisotopic (exact) mass is 420 g/mol. The van der Waals surface area contributed by atoms with Crippen LogP contribution in [0.25, 0.3) is 0 Å². The van der Waals surface area contributed by atoms with Crippen LogP contribution in [0.2, 0.25) is 0 Å². The first-order valence-corrected chi connectivity index (χ1v) is 8.76. The maximum atomic E-state index is 8.55. The second-order valence-corrected chi connectivity index (χ2v) is 5.37. The number of phosphoric acid groups is 4. The SMILES string of the molecule is O=P([O-])([O-])[O-].O=P([O-])([O-])[O-].O=P([O-])([O-])[O-].O=P([O-])([O-])[O-].[Ca+2].